The van der Waals surface area contributed by atoms with Crippen molar-refractivity contribution in [3.8, 4) is 11.5 Å². The van der Waals surface area contributed by atoms with Gasteiger partial charge in [0.1, 0.15) is 11.5 Å². The zero-order valence-electron chi connectivity index (χ0n) is 13.1. The molecule has 0 fully saturated rings. The Morgan fingerprint density at radius 3 is 2.48 bits per heavy atom. The maximum atomic E-state index is 12.6. The first-order chi connectivity index (χ1) is 9.97. The van der Waals surface area contributed by atoms with Gasteiger partial charge in [0.15, 0.2) is 5.78 Å². The first-order valence-electron chi connectivity index (χ1n) is 6.72. The average Bonchev–Trinajstić information content (AvgIpc) is 2.72. The molecule has 0 atom stereocenters. The van der Waals surface area contributed by atoms with Crippen molar-refractivity contribution in [1.29, 1.82) is 0 Å². The van der Waals surface area contributed by atoms with Crippen LogP contribution in [0.4, 0.5) is 0 Å². The highest BCUT2D eigenvalue weighted by Gasteiger charge is 2.18. The molecule has 0 aliphatic carbocycles. The SMILES string of the molecule is COc1ccc(OC)c(C(=O)Cc2c(C)nn(C)c2C)c1. The van der Waals surface area contributed by atoms with E-state index in [1.165, 1.54) is 0 Å². The summed E-state index contributed by atoms with van der Waals surface area (Å²) in [7, 11) is 5.01. The van der Waals surface area contributed by atoms with Gasteiger partial charge in [0.05, 0.1) is 25.5 Å². The number of hydrogen-bond donors (Lipinski definition) is 0. The minimum Gasteiger partial charge on any atom is -0.497 e. The molecule has 2 rings (SSSR count). The van der Waals surface area contributed by atoms with Gasteiger partial charge in [-0.15, -0.1) is 0 Å². The molecule has 1 aromatic heterocycles. The third kappa shape index (κ3) is 2.91. The molecule has 0 aliphatic rings. The number of carbonyl (C=O) groups is 1. The van der Waals surface area contributed by atoms with Crippen molar-refractivity contribution < 1.29 is 14.3 Å². The number of Topliss-reactive ketones (excluding diaryl/α,β-unsaturated/α-hetero) is 1. The third-order valence-electron chi connectivity index (χ3n) is 3.70. The molecule has 5 nitrogen and oxygen atoms in total. The number of methoxy groups -OCH3 is 2. The summed E-state index contributed by atoms with van der Waals surface area (Å²) in [6, 6.07) is 5.23. The van der Waals surface area contributed by atoms with Crippen LogP contribution < -0.4 is 9.47 Å². The fourth-order valence-corrected chi connectivity index (χ4v) is 2.36. The molecule has 0 N–H and O–H groups in total. The first-order valence-corrected chi connectivity index (χ1v) is 6.72. The quantitative estimate of drug-likeness (QED) is 0.793. The van der Waals surface area contributed by atoms with Gasteiger partial charge in [-0.05, 0) is 32.0 Å². The van der Waals surface area contributed by atoms with Crippen LogP contribution in [-0.4, -0.2) is 29.8 Å². The second-order valence-corrected chi connectivity index (χ2v) is 4.94. The number of aryl methyl sites for hydroxylation is 2. The number of benzene rings is 1. The van der Waals surface area contributed by atoms with Crippen molar-refractivity contribution in [1.82, 2.24) is 9.78 Å². The van der Waals surface area contributed by atoms with Crippen LogP contribution >= 0.6 is 0 Å². The molecule has 0 aliphatic heterocycles. The molecule has 21 heavy (non-hydrogen) atoms. The van der Waals surface area contributed by atoms with Crippen LogP contribution in [-0.2, 0) is 13.5 Å². The van der Waals surface area contributed by atoms with Gasteiger partial charge in [-0.2, -0.15) is 5.10 Å². The lowest BCUT2D eigenvalue weighted by Crippen LogP contribution is -2.08. The predicted octanol–water partition coefficient (Wildman–Crippen LogP) is 2.48. The lowest BCUT2D eigenvalue weighted by Gasteiger charge is -2.10. The molecule has 0 bridgehead atoms. The number of ketones is 1. The minimum absolute atomic E-state index is 0.00931. The molecule has 1 aromatic carbocycles. The number of aromatic nitrogens is 2. The number of nitrogens with zero attached hydrogens (tertiary/aromatic N) is 2. The fourth-order valence-electron chi connectivity index (χ4n) is 2.36. The summed E-state index contributed by atoms with van der Waals surface area (Å²) in [5.41, 5.74) is 3.37. The van der Waals surface area contributed by atoms with Crippen molar-refractivity contribution in [2.75, 3.05) is 14.2 Å². The van der Waals surface area contributed by atoms with E-state index in [9.17, 15) is 4.79 Å². The Morgan fingerprint density at radius 2 is 1.95 bits per heavy atom. The molecular formula is C16H20N2O3. The van der Waals surface area contributed by atoms with Gasteiger partial charge in [0, 0.05) is 24.7 Å². The van der Waals surface area contributed by atoms with Gasteiger partial charge in [-0.25, -0.2) is 0 Å². The monoisotopic (exact) mass is 288 g/mol. The van der Waals surface area contributed by atoms with Gasteiger partial charge >= 0.3 is 0 Å². The fraction of sp³-hybridized carbons (Fsp3) is 0.375. The molecule has 0 spiro atoms. The topological polar surface area (TPSA) is 53.4 Å². The first kappa shape index (κ1) is 15.1. The summed E-state index contributed by atoms with van der Waals surface area (Å²) >= 11 is 0. The lowest BCUT2D eigenvalue weighted by molar-refractivity contribution is 0.0989. The van der Waals surface area contributed by atoms with E-state index in [-0.39, 0.29) is 5.78 Å². The van der Waals surface area contributed by atoms with Crippen molar-refractivity contribution in [3.05, 3.63) is 40.7 Å². The predicted molar refractivity (Wildman–Crippen MR) is 80.3 cm³/mol. The minimum atomic E-state index is -0.00931. The highest BCUT2D eigenvalue weighted by molar-refractivity contribution is 6.00. The molecule has 0 unspecified atom stereocenters. The van der Waals surface area contributed by atoms with E-state index in [4.69, 9.17) is 9.47 Å². The highest BCUT2D eigenvalue weighted by atomic mass is 16.5. The van der Waals surface area contributed by atoms with Crippen LogP contribution in [0.2, 0.25) is 0 Å². The number of ether oxygens (including phenoxy) is 2. The van der Waals surface area contributed by atoms with E-state index in [0.717, 1.165) is 17.0 Å². The smallest absolute Gasteiger partial charge is 0.171 e. The zero-order valence-corrected chi connectivity index (χ0v) is 13.1. The van der Waals surface area contributed by atoms with Crippen LogP contribution in [0, 0.1) is 13.8 Å². The molecule has 0 radical (unpaired) electrons. The normalized spacial score (nSPS) is 10.5. The summed E-state index contributed by atoms with van der Waals surface area (Å²) in [6.07, 6.45) is 0.301. The van der Waals surface area contributed by atoms with E-state index in [2.05, 4.69) is 5.10 Å². The Balaban J connectivity index is 2.36. The Morgan fingerprint density at radius 1 is 1.24 bits per heavy atom. The van der Waals surface area contributed by atoms with Crippen molar-refractivity contribution in [2.45, 2.75) is 20.3 Å². The van der Waals surface area contributed by atoms with Gasteiger partial charge in [0.25, 0.3) is 0 Å². The van der Waals surface area contributed by atoms with Crippen LogP contribution in [0.5, 0.6) is 11.5 Å². The maximum Gasteiger partial charge on any atom is 0.171 e. The average molecular weight is 288 g/mol. The molecular weight excluding hydrogens is 268 g/mol. The Labute approximate surface area is 124 Å². The maximum absolute atomic E-state index is 12.6. The molecule has 0 amide bonds. The largest absolute Gasteiger partial charge is 0.497 e. The summed E-state index contributed by atoms with van der Waals surface area (Å²) in [5, 5.41) is 4.34. The number of rotatable bonds is 5. The van der Waals surface area contributed by atoms with Crippen LogP contribution in [0.1, 0.15) is 27.3 Å². The Hall–Kier alpha value is -2.30. The summed E-state index contributed by atoms with van der Waals surface area (Å²) in [6.45, 7) is 3.88. The summed E-state index contributed by atoms with van der Waals surface area (Å²) < 4.78 is 12.2. The lowest BCUT2D eigenvalue weighted by atomic mass is 10.0. The Kier molecular flexibility index (Phi) is 4.31. The summed E-state index contributed by atoms with van der Waals surface area (Å²) in [4.78, 5) is 12.6. The molecule has 112 valence electrons. The molecule has 1 heterocycles. The number of carbonyl (C=O) groups excluding carboxylic acids is 1. The van der Waals surface area contributed by atoms with Gasteiger partial charge in [-0.1, -0.05) is 0 Å². The van der Waals surface area contributed by atoms with Crippen LogP contribution in [0.25, 0.3) is 0 Å². The summed E-state index contributed by atoms with van der Waals surface area (Å²) in [5.74, 6) is 1.18. The van der Waals surface area contributed by atoms with E-state index < -0.39 is 0 Å². The molecule has 2 aromatic rings. The molecule has 0 saturated heterocycles. The third-order valence-corrected chi connectivity index (χ3v) is 3.70. The van der Waals surface area contributed by atoms with Crippen LogP contribution in [0.15, 0.2) is 18.2 Å². The molecule has 0 saturated carbocycles. The highest BCUT2D eigenvalue weighted by Crippen LogP contribution is 2.26. The van der Waals surface area contributed by atoms with Crippen LogP contribution in [0.3, 0.4) is 0 Å². The van der Waals surface area contributed by atoms with E-state index in [0.29, 0.717) is 23.5 Å². The van der Waals surface area contributed by atoms with E-state index in [1.807, 2.05) is 20.9 Å². The van der Waals surface area contributed by atoms with Crippen molar-refractivity contribution in [2.24, 2.45) is 7.05 Å². The number of hydrogen-bond acceptors (Lipinski definition) is 4. The zero-order chi connectivity index (χ0) is 15.6. The van der Waals surface area contributed by atoms with Gasteiger partial charge in [0.2, 0.25) is 0 Å². The van der Waals surface area contributed by atoms with Crippen molar-refractivity contribution >= 4 is 5.78 Å². The van der Waals surface area contributed by atoms with E-state index in [1.54, 1.807) is 37.1 Å². The van der Waals surface area contributed by atoms with Crippen molar-refractivity contribution in [3.63, 3.8) is 0 Å². The molecule has 5 heteroatoms. The second kappa shape index (κ2) is 5.99. The van der Waals surface area contributed by atoms with Gasteiger partial charge in [-0.3, -0.25) is 9.48 Å². The second-order valence-electron chi connectivity index (χ2n) is 4.94. The van der Waals surface area contributed by atoms with E-state index >= 15 is 0 Å². The standard InChI is InChI=1S/C16H20N2O3/c1-10-13(11(2)18(3)17-10)9-15(19)14-8-12(20-4)6-7-16(14)21-5/h6-8H,9H2,1-5H3. The Bertz CT molecular complexity index is 674. The van der Waals surface area contributed by atoms with Gasteiger partial charge < -0.3 is 9.47 Å².